The molecular weight excluding hydrogens is 322 g/mol. The lowest BCUT2D eigenvalue weighted by Gasteiger charge is -2.07. The normalized spacial score (nSPS) is 10.4. The number of amides is 1. The second-order valence-corrected chi connectivity index (χ2v) is 5.83. The molecule has 3 N–H and O–H groups in total. The number of aromatic nitrogens is 3. The molecule has 6 nitrogen and oxygen atoms in total. The van der Waals surface area contributed by atoms with Crippen molar-refractivity contribution in [3.8, 4) is 0 Å². The van der Waals surface area contributed by atoms with Crippen LogP contribution < -0.4 is 10.6 Å². The molecule has 2 aromatic heterocycles. The smallest absolute Gasteiger partial charge is 0.276 e. The van der Waals surface area contributed by atoms with Crippen LogP contribution in [0.4, 0.5) is 11.5 Å². The largest absolute Gasteiger partial charge is 0.346 e. The van der Waals surface area contributed by atoms with E-state index in [2.05, 4.69) is 26.0 Å². The number of aromatic amines is 1. The summed E-state index contributed by atoms with van der Waals surface area (Å²) in [7, 11) is 0. The summed E-state index contributed by atoms with van der Waals surface area (Å²) < 4.78 is 0. The molecule has 1 amide bonds. The van der Waals surface area contributed by atoms with E-state index in [0.29, 0.717) is 23.1 Å². The minimum absolute atomic E-state index is 0.191. The summed E-state index contributed by atoms with van der Waals surface area (Å²) in [5.74, 6) is 0.0217. The van der Waals surface area contributed by atoms with Crippen molar-refractivity contribution in [3.63, 3.8) is 0 Å². The quantitative estimate of drug-likeness (QED) is 0.669. The maximum absolute atomic E-state index is 12.2. The van der Waals surface area contributed by atoms with Gasteiger partial charge in [0.2, 0.25) is 0 Å². The van der Waals surface area contributed by atoms with E-state index in [0.717, 1.165) is 4.88 Å². The number of nitrogens with one attached hydrogen (secondary N) is 3. The number of rotatable bonds is 5. The number of hydrogen-bond acceptors (Lipinski definition) is 5. The van der Waals surface area contributed by atoms with Gasteiger partial charge in [-0.3, -0.25) is 4.79 Å². The lowest BCUT2D eigenvalue weighted by Crippen LogP contribution is -2.23. The molecule has 0 aliphatic carbocycles. The van der Waals surface area contributed by atoms with Gasteiger partial charge in [0.05, 0.1) is 17.3 Å². The van der Waals surface area contributed by atoms with E-state index in [1.165, 1.54) is 0 Å². The monoisotopic (exact) mass is 333 g/mol. The standard InChI is InChI=1S/C14H12ClN5OS/c15-10-5-1-2-6-11(10)17-13-12(18-20-19-13)14(21)16-8-9-4-3-7-22-9/h1-7H,8H2,(H,16,21)(H2,17,18,19,20). The average Bonchev–Trinajstić information content (AvgIpc) is 3.18. The first-order valence-electron chi connectivity index (χ1n) is 6.47. The number of nitrogens with zero attached hydrogens (tertiary/aromatic N) is 2. The molecule has 8 heteroatoms. The van der Waals surface area contributed by atoms with Crippen molar-refractivity contribution in [1.29, 1.82) is 0 Å². The van der Waals surface area contributed by atoms with E-state index in [-0.39, 0.29) is 11.6 Å². The third-order valence-corrected chi connectivity index (χ3v) is 4.10. The van der Waals surface area contributed by atoms with Crippen molar-refractivity contribution in [1.82, 2.24) is 20.7 Å². The third kappa shape index (κ3) is 3.26. The van der Waals surface area contributed by atoms with Crippen LogP contribution in [0, 0.1) is 0 Å². The number of carbonyl (C=O) groups is 1. The van der Waals surface area contributed by atoms with Crippen molar-refractivity contribution in [2.75, 3.05) is 5.32 Å². The van der Waals surface area contributed by atoms with Crippen LogP contribution in [0.2, 0.25) is 5.02 Å². The Morgan fingerprint density at radius 3 is 2.86 bits per heavy atom. The maximum Gasteiger partial charge on any atom is 0.276 e. The van der Waals surface area contributed by atoms with Crippen LogP contribution in [0.25, 0.3) is 0 Å². The molecule has 0 aliphatic heterocycles. The van der Waals surface area contributed by atoms with Crippen molar-refractivity contribution < 1.29 is 4.79 Å². The van der Waals surface area contributed by atoms with Gasteiger partial charge in [0.1, 0.15) is 0 Å². The molecule has 0 radical (unpaired) electrons. The highest BCUT2D eigenvalue weighted by Gasteiger charge is 2.17. The first-order chi connectivity index (χ1) is 10.7. The van der Waals surface area contributed by atoms with Crippen LogP contribution in [0.3, 0.4) is 0 Å². The topological polar surface area (TPSA) is 82.7 Å². The summed E-state index contributed by atoms with van der Waals surface area (Å²) in [6.45, 7) is 0.453. The van der Waals surface area contributed by atoms with E-state index in [4.69, 9.17) is 11.6 Å². The number of hydrogen-bond donors (Lipinski definition) is 3. The number of para-hydroxylation sites is 1. The molecule has 0 unspecified atom stereocenters. The third-order valence-electron chi connectivity index (χ3n) is 2.89. The lowest BCUT2D eigenvalue weighted by molar-refractivity contribution is 0.0947. The van der Waals surface area contributed by atoms with Gasteiger partial charge in [-0.05, 0) is 23.6 Å². The van der Waals surface area contributed by atoms with Gasteiger partial charge in [0, 0.05) is 4.88 Å². The van der Waals surface area contributed by atoms with E-state index >= 15 is 0 Å². The summed E-state index contributed by atoms with van der Waals surface area (Å²) in [6.07, 6.45) is 0. The van der Waals surface area contributed by atoms with Crippen molar-refractivity contribution >= 4 is 40.4 Å². The molecule has 1 aromatic carbocycles. The van der Waals surface area contributed by atoms with E-state index in [1.807, 2.05) is 29.6 Å². The van der Waals surface area contributed by atoms with Gasteiger partial charge in [-0.15, -0.1) is 21.5 Å². The highest BCUT2D eigenvalue weighted by Crippen LogP contribution is 2.24. The van der Waals surface area contributed by atoms with Crippen LogP contribution in [-0.4, -0.2) is 21.3 Å². The van der Waals surface area contributed by atoms with Gasteiger partial charge < -0.3 is 10.6 Å². The predicted octanol–water partition coefficient (Wildman–Crippen LogP) is 3.19. The summed E-state index contributed by atoms with van der Waals surface area (Å²) in [5, 5.41) is 18.6. The minimum atomic E-state index is -0.309. The molecule has 0 fully saturated rings. The molecule has 0 aliphatic rings. The zero-order valence-corrected chi connectivity index (χ0v) is 12.9. The molecule has 2 heterocycles. The minimum Gasteiger partial charge on any atom is -0.346 e. The van der Waals surface area contributed by atoms with Crippen LogP contribution in [-0.2, 0) is 6.54 Å². The first kappa shape index (κ1) is 14.6. The van der Waals surface area contributed by atoms with Crippen LogP contribution in [0.15, 0.2) is 41.8 Å². The highest BCUT2D eigenvalue weighted by atomic mass is 35.5. The second kappa shape index (κ2) is 6.59. The van der Waals surface area contributed by atoms with Crippen molar-refractivity contribution in [3.05, 3.63) is 57.4 Å². The molecule has 0 saturated heterocycles. The van der Waals surface area contributed by atoms with Gasteiger partial charge in [0.25, 0.3) is 5.91 Å². The Hall–Kier alpha value is -2.38. The Kier molecular flexibility index (Phi) is 4.36. The average molecular weight is 334 g/mol. The zero-order chi connectivity index (χ0) is 15.4. The Morgan fingerprint density at radius 2 is 2.09 bits per heavy atom. The molecule has 3 aromatic rings. The molecule has 0 saturated carbocycles. The van der Waals surface area contributed by atoms with Crippen molar-refractivity contribution in [2.45, 2.75) is 6.54 Å². The van der Waals surface area contributed by atoms with Gasteiger partial charge in [0.15, 0.2) is 11.5 Å². The second-order valence-electron chi connectivity index (χ2n) is 4.39. The fourth-order valence-corrected chi connectivity index (χ4v) is 2.66. The number of anilines is 2. The predicted molar refractivity (Wildman–Crippen MR) is 86.6 cm³/mol. The molecule has 22 heavy (non-hydrogen) atoms. The van der Waals surface area contributed by atoms with Gasteiger partial charge in [-0.25, -0.2) is 0 Å². The molecule has 0 atom stereocenters. The molecule has 0 spiro atoms. The van der Waals surface area contributed by atoms with Crippen LogP contribution in [0.1, 0.15) is 15.4 Å². The van der Waals surface area contributed by atoms with E-state index in [9.17, 15) is 4.79 Å². The first-order valence-corrected chi connectivity index (χ1v) is 7.72. The zero-order valence-electron chi connectivity index (χ0n) is 11.3. The number of thiophene rings is 1. The van der Waals surface area contributed by atoms with Gasteiger partial charge >= 0.3 is 0 Å². The Balaban J connectivity index is 1.71. The molecule has 112 valence electrons. The van der Waals surface area contributed by atoms with E-state index in [1.54, 1.807) is 23.5 Å². The van der Waals surface area contributed by atoms with Gasteiger partial charge in [-0.1, -0.05) is 29.8 Å². The molecular formula is C14H12ClN5OS. The summed E-state index contributed by atoms with van der Waals surface area (Å²) in [6, 6.07) is 11.1. The maximum atomic E-state index is 12.2. The number of carbonyl (C=O) groups excluding carboxylic acids is 1. The lowest BCUT2D eigenvalue weighted by atomic mass is 10.3. The van der Waals surface area contributed by atoms with Crippen LogP contribution in [0.5, 0.6) is 0 Å². The summed E-state index contributed by atoms with van der Waals surface area (Å²) >= 11 is 7.66. The fraction of sp³-hybridized carbons (Fsp3) is 0.0714. The van der Waals surface area contributed by atoms with Gasteiger partial charge in [-0.2, -0.15) is 5.21 Å². The highest BCUT2D eigenvalue weighted by molar-refractivity contribution is 7.09. The number of H-pyrrole nitrogens is 1. The van der Waals surface area contributed by atoms with E-state index < -0.39 is 0 Å². The summed E-state index contributed by atoms with van der Waals surface area (Å²) in [4.78, 5) is 13.3. The molecule has 3 rings (SSSR count). The Bertz CT molecular complexity index is 771. The SMILES string of the molecule is O=C(NCc1cccs1)c1n[nH]nc1Nc1ccccc1Cl. The fourth-order valence-electron chi connectivity index (χ4n) is 1.83. The van der Waals surface area contributed by atoms with Crippen molar-refractivity contribution in [2.24, 2.45) is 0 Å². The van der Waals surface area contributed by atoms with Crippen LogP contribution >= 0.6 is 22.9 Å². The number of halogens is 1. The molecule has 0 bridgehead atoms. The Labute approximate surface area is 135 Å². The number of benzene rings is 1. The Morgan fingerprint density at radius 1 is 1.23 bits per heavy atom. The summed E-state index contributed by atoms with van der Waals surface area (Å²) in [5.41, 5.74) is 0.849.